The third kappa shape index (κ3) is 2.98. The van der Waals surface area contributed by atoms with Crippen LogP contribution in [0, 0.1) is 0 Å². The Hall–Kier alpha value is -2.43. The molecule has 0 saturated carbocycles. The maximum absolute atomic E-state index is 6.33. The van der Waals surface area contributed by atoms with Crippen molar-refractivity contribution in [2.24, 2.45) is 0 Å². The van der Waals surface area contributed by atoms with Gasteiger partial charge >= 0.3 is 0 Å². The summed E-state index contributed by atoms with van der Waals surface area (Å²) in [6, 6.07) is 18.1. The smallest absolute Gasteiger partial charge is 0.137 e. The van der Waals surface area contributed by atoms with Crippen LogP contribution in [0.15, 0.2) is 66.3 Å². The number of aromatic nitrogens is 2. The lowest BCUT2D eigenvalue weighted by atomic mass is 10.0. The number of thiophene rings is 1. The number of hydrogen-bond donors (Lipinski definition) is 1. The molecule has 2 aromatic heterocycles. The highest BCUT2D eigenvalue weighted by atomic mass is 35.5. The van der Waals surface area contributed by atoms with Crippen molar-refractivity contribution in [3.05, 3.63) is 76.2 Å². The number of anilines is 1. The molecule has 2 heterocycles. The number of halogens is 1. The SMILES string of the molecule is Clc1ccccc1-c1ccc2ncnc(NCc3cccs3)c2c1. The van der Waals surface area contributed by atoms with E-state index in [1.54, 1.807) is 17.7 Å². The van der Waals surface area contributed by atoms with Crippen LogP contribution in [0.3, 0.4) is 0 Å². The normalized spacial score (nSPS) is 10.9. The van der Waals surface area contributed by atoms with Gasteiger partial charge in [-0.05, 0) is 35.2 Å². The van der Waals surface area contributed by atoms with Gasteiger partial charge in [-0.1, -0.05) is 41.9 Å². The van der Waals surface area contributed by atoms with E-state index in [2.05, 4.69) is 38.9 Å². The molecule has 1 N–H and O–H groups in total. The van der Waals surface area contributed by atoms with E-state index >= 15 is 0 Å². The standard InChI is InChI=1S/C19H14ClN3S/c20-17-6-2-1-5-15(17)13-7-8-18-16(10-13)19(23-12-22-18)21-11-14-4-3-9-24-14/h1-10,12H,11H2,(H,21,22,23). The topological polar surface area (TPSA) is 37.8 Å². The van der Waals surface area contributed by atoms with E-state index in [1.165, 1.54) is 4.88 Å². The van der Waals surface area contributed by atoms with Crippen molar-refractivity contribution < 1.29 is 0 Å². The molecular formula is C19H14ClN3S. The van der Waals surface area contributed by atoms with Gasteiger partial charge in [0.05, 0.1) is 12.1 Å². The summed E-state index contributed by atoms with van der Waals surface area (Å²) in [6.45, 7) is 0.750. The number of nitrogens with zero attached hydrogens (tertiary/aromatic N) is 2. The molecule has 0 unspecified atom stereocenters. The molecule has 24 heavy (non-hydrogen) atoms. The van der Waals surface area contributed by atoms with Gasteiger partial charge in [0, 0.05) is 20.8 Å². The van der Waals surface area contributed by atoms with Gasteiger partial charge in [-0.3, -0.25) is 0 Å². The van der Waals surface area contributed by atoms with E-state index in [0.29, 0.717) is 0 Å². The first-order valence-corrected chi connectivity index (χ1v) is 8.83. The van der Waals surface area contributed by atoms with Gasteiger partial charge in [0.2, 0.25) is 0 Å². The van der Waals surface area contributed by atoms with Gasteiger partial charge in [0.25, 0.3) is 0 Å². The summed E-state index contributed by atoms with van der Waals surface area (Å²) >= 11 is 8.06. The van der Waals surface area contributed by atoms with Crippen LogP contribution in [0.25, 0.3) is 22.0 Å². The molecule has 4 aromatic rings. The van der Waals surface area contributed by atoms with Crippen molar-refractivity contribution >= 4 is 39.7 Å². The first kappa shape index (κ1) is 15.1. The van der Waals surface area contributed by atoms with E-state index in [4.69, 9.17) is 11.6 Å². The summed E-state index contributed by atoms with van der Waals surface area (Å²) in [4.78, 5) is 10.0. The first-order valence-electron chi connectivity index (χ1n) is 7.57. The number of benzene rings is 2. The van der Waals surface area contributed by atoms with E-state index in [0.717, 1.165) is 39.4 Å². The Morgan fingerprint density at radius 2 is 1.92 bits per heavy atom. The molecule has 0 fully saturated rings. The van der Waals surface area contributed by atoms with Gasteiger partial charge in [-0.25, -0.2) is 9.97 Å². The summed E-state index contributed by atoms with van der Waals surface area (Å²) < 4.78 is 0. The zero-order valence-electron chi connectivity index (χ0n) is 12.7. The second-order valence-electron chi connectivity index (χ2n) is 5.37. The van der Waals surface area contributed by atoms with E-state index in [9.17, 15) is 0 Å². The Balaban J connectivity index is 1.74. The lowest BCUT2D eigenvalue weighted by Gasteiger charge is -2.10. The van der Waals surface area contributed by atoms with Gasteiger partial charge in [-0.2, -0.15) is 0 Å². The molecule has 5 heteroatoms. The van der Waals surface area contributed by atoms with Gasteiger partial charge < -0.3 is 5.32 Å². The molecule has 0 aliphatic rings. The molecule has 118 valence electrons. The van der Waals surface area contributed by atoms with Gasteiger partial charge in [0.1, 0.15) is 12.1 Å². The van der Waals surface area contributed by atoms with Crippen LogP contribution in [0.2, 0.25) is 5.02 Å². The summed E-state index contributed by atoms with van der Waals surface area (Å²) in [5.41, 5.74) is 2.98. The zero-order chi connectivity index (χ0) is 16.4. The molecule has 0 aliphatic heterocycles. The lowest BCUT2D eigenvalue weighted by Crippen LogP contribution is -2.01. The Morgan fingerprint density at radius 3 is 2.75 bits per heavy atom. The molecule has 2 aromatic carbocycles. The molecular weight excluding hydrogens is 338 g/mol. The van der Waals surface area contributed by atoms with Crippen LogP contribution in [-0.2, 0) is 6.54 Å². The highest BCUT2D eigenvalue weighted by molar-refractivity contribution is 7.09. The van der Waals surface area contributed by atoms with Crippen molar-refractivity contribution in [2.75, 3.05) is 5.32 Å². The molecule has 0 atom stereocenters. The Morgan fingerprint density at radius 1 is 1.00 bits per heavy atom. The van der Waals surface area contributed by atoms with Crippen LogP contribution in [0.5, 0.6) is 0 Å². The minimum atomic E-state index is 0.738. The monoisotopic (exact) mass is 351 g/mol. The Bertz CT molecular complexity index is 983. The van der Waals surface area contributed by atoms with Crippen LogP contribution in [0.4, 0.5) is 5.82 Å². The third-order valence-corrected chi connectivity index (χ3v) is 5.04. The summed E-state index contributed by atoms with van der Waals surface area (Å²) in [6.07, 6.45) is 1.59. The second kappa shape index (κ2) is 6.59. The predicted molar refractivity (Wildman–Crippen MR) is 102 cm³/mol. The Labute approximate surface area is 149 Å². The Kier molecular flexibility index (Phi) is 4.15. The third-order valence-electron chi connectivity index (χ3n) is 3.83. The van der Waals surface area contributed by atoms with Gasteiger partial charge in [-0.15, -0.1) is 11.3 Å². The fraction of sp³-hybridized carbons (Fsp3) is 0.0526. The molecule has 0 spiro atoms. The van der Waals surface area contributed by atoms with E-state index in [1.807, 2.05) is 36.4 Å². The maximum atomic E-state index is 6.33. The minimum absolute atomic E-state index is 0.738. The first-order chi connectivity index (χ1) is 11.8. The van der Waals surface area contributed by atoms with Crippen LogP contribution in [0.1, 0.15) is 4.88 Å². The van der Waals surface area contributed by atoms with Crippen LogP contribution in [-0.4, -0.2) is 9.97 Å². The zero-order valence-corrected chi connectivity index (χ0v) is 14.3. The molecule has 3 nitrogen and oxygen atoms in total. The van der Waals surface area contributed by atoms with Gasteiger partial charge in [0.15, 0.2) is 0 Å². The highest BCUT2D eigenvalue weighted by Gasteiger charge is 2.08. The number of hydrogen-bond acceptors (Lipinski definition) is 4. The molecule has 0 radical (unpaired) electrons. The second-order valence-corrected chi connectivity index (χ2v) is 6.81. The summed E-state index contributed by atoms with van der Waals surface area (Å²) in [5.74, 6) is 0.835. The van der Waals surface area contributed by atoms with E-state index < -0.39 is 0 Å². The molecule has 0 saturated heterocycles. The number of fused-ring (bicyclic) bond motifs is 1. The molecule has 4 rings (SSSR count). The highest BCUT2D eigenvalue weighted by Crippen LogP contribution is 2.31. The van der Waals surface area contributed by atoms with Crippen LogP contribution >= 0.6 is 22.9 Å². The quantitative estimate of drug-likeness (QED) is 0.518. The molecule has 0 aliphatic carbocycles. The summed E-state index contributed by atoms with van der Waals surface area (Å²) in [5, 5.41) is 7.21. The van der Waals surface area contributed by atoms with E-state index in [-0.39, 0.29) is 0 Å². The average Bonchev–Trinajstić information content (AvgIpc) is 3.13. The lowest BCUT2D eigenvalue weighted by molar-refractivity contribution is 1.13. The minimum Gasteiger partial charge on any atom is -0.365 e. The maximum Gasteiger partial charge on any atom is 0.137 e. The predicted octanol–water partition coefficient (Wildman–Crippen LogP) is 5.62. The largest absolute Gasteiger partial charge is 0.365 e. The van der Waals surface area contributed by atoms with Crippen molar-refractivity contribution in [1.82, 2.24) is 9.97 Å². The van der Waals surface area contributed by atoms with Crippen LogP contribution < -0.4 is 5.32 Å². The molecule has 0 bridgehead atoms. The number of rotatable bonds is 4. The van der Waals surface area contributed by atoms with Crippen molar-refractivity contribution in [3.63, 3.8) is 0 Å². The fourth-order valence-corrected chi connectivity index (χ4v) is 3.53. The average molecular weight is 352 g/mol. The van der Waals surface area contributed by atoms with Crippen molar-refractivity contribution in [2.45, 2.75) is 6.54 Å². The van der Waals surface area contributed by atoms with Crippen molar-refractivity contribution in [1.29, 1.82) is 0 Å². The number of nitrogens with one attached hydrogen (secondary N) is 1. The molecule has 0 amide bonds. The van der Waals surface area contributed by atoms with Crippen molar-refractivity contribution in [3.8, 4) is 11.1 Å². The summed E-state index contributed by atoms with van der Waals surface area (Å²) in [7, 11) is 0. The fourth-order valence-electron chi connectivity index (χ4n) is 2.64.